The SMILES string of the molecule is CCCC(C(=O)O)n1cccc1C#N. The Morgan fingerprint density at radius 3 is 3.00 bits per heavy atom. The maximum absolute atomic E-state index is 10.9. The lowest BCUT2D eigenvalue weighted by Crippen LogP contribution is -2.19. The summed E-state index contributed by atoms with van der Waals surface area (Å²) in [5.74, 6) is -0.889. The fraction of sp³-hybridized carbons (Fsp3) is 0.400. The number of hydrogen-bond acceptors (Lipinski definition) is 2. The van der Waals surface area contributed by atoms with Gasteiger partial charge in [-0.3, -0.25) is 0 Å². The van der Waals surface area contributed by atoms with Crippen molar-refractivity contribution in [1.82, 2.24) is 4.57 Å². The molecule has 0 bridgehead atoms. The number of nitriles is 1. The molecule has 0 amide bonds. The Hall–Kier alpha value is -1.76. The Labute approximate surface area is 82.4 Å². The number of nitrogens with zero attached hydrogens (tertiary/aromatic N) is 2. The molecular weight excluding hydrogens is 180 g/mol. The number of carbonyl (C=O) groups is 1. The van der Waals surface area contributed by atoms with Gasteiger partial charge in [0.05, 0.1) is 0 Å². The Morgan fingerprint density at radius 1 is 1.79 bits per heavy atom. The molecule has 0 saturated carbocycles. The molecule has 0 saturated heterocycles. The number of aliphatic carboxylic acids is 1. The Bertz CT molecular complexity index is 362. The summed E-state index contributed by atoms with van der Waals surface area (Å²) < 4.78 is 1.51. The van der Waals surface area contributed by atoms with E-state index >= 15 is 0 Å². The zero-order valence-electron chi connectivity index (χ0n) is 7.97. The van der Waals surface area contributed by atoms with Crippen LogP contribution in [0.5, 0.6) is 0 Å². The van der Waals surface area contributed by atoms with Crippen LogP contribution in [0.4, 0.5) is 0 Å². The molecule has 0 spiro atoms. The molecule has 0 aliphatic heterocycles. The predicted molar refractivity (Wildman–Crippen MR) is 50.7 cm³/mol. The number of rotatable bonds is 4. The van der Waals surface area contributed by atoms with Crippen LogP contribution in [0.3, 0.4) is 0 Å². The summed E-state index contributed by atoms with van der Waals surface area (Å²) >= 11 is 0. The first kappa shape index (κ1) is 10.3. The molecule has 1 aromatic heterocycles. The van der Waals surface area contributed by atoms with Gasteiger partial charge in [-0.25, -0.2) is 4.79 Å². The summed E-state index contributed by atoms with van der Waals surface area (Å²) in [5, 5.41) is 17.7. The molecule has 1 rings (SSSR count). The van der Waals surface area contributed by atoms with E-state index in [1.165, 1.54) is 4.57 Å². The molecule has 1 aromatic rings. The number of hydrogen-bond donors (Lipinski definition) is 1. The molecule has 1 heterocycles. The van der Waals surface area contributed by atoms with E-state index in [4.69, 9.17) is 10.4 Å². The van der Waals surface area contributed by atoms with Crippen molar-refractivity contribution in [1.29, 1.82) is 5.26 Å². The monoisotopic (exact) mass is 192 g/mol. The average Bonchev–Trinajstić information content (AvgIpc) is 2.61. The fourth-order valence-electron chi connectivity index (χ4n) is 1.42. The average molecular weight is 192 g/mol. The van der Waals surface area contributed by atoms with Crippen molar-refractivity contribution in [3.05, 3.63) is 24.0 Å². The van der Waals surface area contributed by atoms with Crippen molar-refractivity contribution in [2.45, 2.75) is 25.8 Å². The molecular formula is C10H12N2O2. The van der Waals surface area contributed by atoms with Crippen molar-refractivity contribution in [2.24, 2.45) is 0 Å². The van der Waals surface area contributed by atoms with Crippen LogP contribution in [-0.4, -0.2) is 15.6 Å². The van der Waals surface area contributed by atoms with Crippen LogP contribution in [0.15, 0.2) is 18.3 Å². The first-order valence-electron chi connectivity index (χ1n) is 4.50. The van der Waals surface area contributed by atoms with Crippen molar-refractivity contribution in [2.75, 3.05) is 0 Å². The lowest BCUT2D eigenvalue weighted by molar-refractivity contribution is -0.141. The highest BCUT2D eigenvalue weighted by atomic mass is 16.4. The lowest BCUT2D eigenvalue weighted by atomic mass is 10.1. The maximum atomic E-state index is 10.9. The molecule has 0 aliphatic rings. The lowest BCUT2D eigenvalue weighted by Gasteiger charge is -2.14. The summed E-state index contributed by atoms with van der Waals surface area (Å²) in [7, 11) is 0. The first-order valence-corrected chi connectivity index (χ1v) is 4.50. The first-order chi connectivity index (χ1) is 6.70. The number of aromatic nitrogens is 1. The fourth-order valence-corrected chi connectivity index (χ4v) is 1.42. The van der Waals surface area contributed by atoms with E-state index in [1.54, 1.807) is 18.3 Å². The minimum Gasteiger partial charge on any atom is -0.480 e. The summed E-state index contributed by atoms with van der Waals surface area (Å²) in [6.45, 7) is 1.92. The topological polar surface area (TPSA) is 66.0 Å². The standard InChI is InChI=1S/C10H12N2O2/c1-2-4-9(10(13)14)12-6-3-5-8(12)7-11/h3,5-6,9H,2,4H2,1H3,(H,13,14). The minimum atomic E-state index is -0.889. The van der Waals surface area contributed by atoms with Crippen LogP contribution in [0.1, 0.15) is 31.5 Å². The van der Waals surface area contributed by atoms with E-state index in [0.29, 0.717) is 12.1 Å². The van der Waals surface area contributed by atoms with Crippen LogP contribution in [0, 0.1) is 11.3 Å². The largest absolute Gasteiger partial charge is 0.480 e. The van der Waals surface area contributed by atoms with E-state index in [2.05, 4.69) is 0 Å². The second kappa shape index (κ2) is 4.47. The molecule has 1 N–H and O–H groups in total. The molecule has 0 fully saturated rings. The zero-order chi connectivity index (χ0) is 10.6. The van der Waals surface area contributed by atoms with Gasteiger partial charge in [0.1, 0.15) is 17.8 Å². The third-order valence-corrected chi connectivity index (χ3v) is 2.08. The molecule has 1 unspecified atom stereocenters. The van der Waals surface area contributed by atoms with Crippen LogP contribution in [0.2, 0.25) is 0 Å². The van der Waals surface area contributed by atoms with Gasteiger partial charge in [-0.1, -0.05) is 13.3 Å². The van der Waals surface area contributed by atoms with Crippen LogP contribution < -0.4 is 0 Å². The molecule has 74 valence electrons. The van der Waals surface area contributed by atoms with Crippen molar-refractivity contribution in [3.63, 3.8) is 0 Å². The van der Waals surface area contributed by atoms with Gasteiger partial charge in [0, 0.05) is 6.20 Å². The predicted octanol–water partition coefficient (Wildman–Crippen LogP) is 1.79. The normalized spacial score (nSPS) is 12.0. The third-order valence-electron chi connectivity index (χ3n) is 2.08. The molecule has 4 nitrogen and oxygen atoms in total. The van der Waals surface area contributed by atoms with Gasteiger partial charge >= 0.3 is 5.97 Å². The quantitative estimate of drug-likeness (QED) is 0.790. The molecule has 1 atom stereocenters. The van der Waals surface area contributed by atoms with Crippen LogP contribution in [0.25, 0.3) is 0 Å². The summed E-state index contributed by atoms with van der Waals surface area (Å²) in [6, 6.07) is 4.65. The van der Waals surface area contributed by atoms with Gasteiger partial charge in [-0.15, -0.1) is 0 Å². The number of carboxylic acids is 1. The highest BCUT2D eigenvalue weighted by Gasteiger charge is 2.19. The highest BCUT2D eigenvalue weighted by Crippen LogP contribution is 2.17. The van der Waals surface area contributed by atoms with Crippen LogP contribution >= 0.6 is 0 Å². The van der Waals surface area contributed by atoms with E-state index < -0.39 is 12.0 Å². The van der Waals surface area contributed by atoms with Gasteiger partial charge in [-0.2, -0.15) is 5.26 Å². The molecule has 0 aliphatic carbocycles. The Kier molecular flexibility index (Phi) is 3.29. The molecule has 0 radical (unpaired) electrons. The van der Waals surface area contributed by atoms with Crippen molar-refractivity contribution >= 4 is 5.97 Å². The third kappa shape index (κ3) is 1.94. The Morgan fingerprint density at radius 2 is 2.50 bits per heavy atom. The maximum Gasteiger partial charge on any atom is 0.326 e. The smallest absolute Gasteiger partial charge is 0.326 e. The van der Waals surface area contributed by atoms with Gasteiger partial charge in [0.25, 0.3) is 0 Å². The van der Waals surface area contributed by atoms with Gasteiger partial charge < -0.3 is 9.67 Å². The highest BCUT2D eigenvalue weighted by molar-refractivity contribution is 5.72. The summed E-state index contributed by atoms with van der Waals surface area (Å²) in [4.78, 5) is 10.9. The second-order valence-corrected chi connectivity index (χ2v) is 3.06. The van der Waals surface area contributed by atoms with Crippen LogP contribution in [-0.2, 0) is 4.79 Å². The molecule has 4 heteroatoms. The van der Waals surface area contributed by atoms with E-state index in [-0.39, 0.29) is 0 Å². The molecule has 0 aromatic carbocycles. The van der Waals surface area contributed by atoms with Gasteiger partial charge in [-0.05, 0) is 18.6 Å². The van der Waals surface area contributed by atoms with E-state index in [1.807, 2.05) is 13.0 Å². The molecule has 14 heavy (non-hydrogen) atoms. The zero-order valence-corrected chi connectivity index (χ0v) is 7.97. The summed E-state index contributed by atoms with van der Waals surface area (Å²) in [5.41, 5.74) is 0.394. The second-order valence-electron chi connectivity index (χ2n) is 3.06. The summed E-state index contributed by atoms with van der Waals surface area (Å²) in [6.07, 6.45) is 2.95. The Balaban J connectivity index is 2.99. The van der Waals surface area contributed by atoms with Gasteiger partial charge in [0.15, 0.2) is 0 Å². The van der Waals surface area contributed by atoms with Crippen molar-refractivity contribution < 1.29 is 9.90 Å². The number of carboxylic acid groups (broad SMARTS) is 1. The minimum absolute atomic E-state index is 0.394. The van der Waals surface area contributed by atoms with E-state index in [9.17, 15) is 4.79 Å². The van der Waals surface area contributed by atoms with E-state index in [0.717, 1.165) is 6.42 Å². The van der Waals surface area contributed by atoms with Gasteiger partial charge in [0.2, 0.25) is 0 Å². The van der Waals surface area contributed by atoms with Crippen molar-refractivity contribution in [3.8, 4) is 6.07 Å².